The smallest absolute Gasteiger partial charge is 0.466 e. The fourth-order valence-corrected chi connectivity index (χ4v) is 2.65. The van der Waals surface area contributed by atoms with Crippen molar-refractivity contribution in [1.82, 2.24) is 9.78 Å². The minimum Gasteiger partial charge on any atom is -0.466 e. The van der Waals surface area contributed by atoms with E-state index >= 15 is 0 Å². The zero-order valence-electron chi connectivity index (χ0n) is 14.8. The zero-order valence-corrected chi connectivity index (χ0v) is 14.8. The Kier molecular flexibility index (Phi) is 5.53. The summed E-state index contributed by atoms with van der Waals surface area (Å²) in [7, 11) is 1.18. The highest BCUT2D eigenvalue weighted by Crippen LogP contribution is 2.29. The van der Waals surface area contributed by atoms with Gasteiger partial charge in [0.15, 0.2) is 0 Å². The van der Waals surface area contributed by atoms with E-state index in [-0.39, 0.29) is 23.3 Å². The molecule has 0 aliphatic carbocycles. The Morgan fingerprint density at radius 3 is 2.59 bits per heavy atom. The van der Waals surface area contributed by atoms with Crippen LogP contribution in [-0.2, 0) is 16.1 Å². The summed E-state index contributed by atoms with van der Waals surface area (Å²) in [5.41, 5.74) is 0.507. The van der Waals surface area contributed by atoms with Crippen molar-refractivity contribution >= 4 is 22.9 Å². The highest BCUT2D eigenvalue weighted by molar-refractivity contribution is 5.93. The van der Waals surface area contributed by atoms with Gasteiger partial charge in [-0.15, -0.1) is 13.2 Å². The van der Waals surface area contributed by atoms with E-state index in [1.54, 1.807) is 0 Å². The van der Waals surface area contributed by atoms with E-state index in [1.165, 1.54) is 30.0 Å². The summed E-state index contributed by atoms with van der Waals surface area (Å²) < 4.78 is 74.4. The molecule has 152 valence electrons. The average Bonchev–Trinajstić information content (AvgIpc) is 2.97. The Bertz CT molecular complexity index is 1090. The highest BCUT2D eigenvalue weighted by Gasteiger charge is 2.31. The quantitative estimate of drug-likeness (QED) is 0.353. The first-order chi connectivity index (χ1) is 13.7. The maximum atomic E-state index is 14.0. The highest BCUT2D eigenvalue weighted by atomic mass is 19.4. The summed E-state index contributed by atoms with van der Waals surface area (Å²) in [6.45, 7) is -0.190. The second-order valence-corrected chi connectivity index (χ2v) is 5.86. The monoisotopic (exact) mass is 412 g/mol. The van der Waals surface area contributed by atoms with E-state index in [1.807, 2.05) is 0 Å². The van der Waals surface area contributed by atoms with Crippen molar-refractivity contribution in [2.75, 3.05) is 7.11 Å². The number of esters is 1. The Morgan fingerprint density at radius 1 is 1.17 bits per heavy atom. The molecule has 0 spiro atoms. The van der Waals surface area contributed by atoms with Gasteiger partial charge in [-0.25, -0.2) is 13.6 Å². The van der Waals surface area contributed by atoms with Crippen LogP contribution in [0.25, 0.3) is 17.0 Å². The number of methoxy groups -OCH3 is 1. The summed E-state index contributed by atoms with van der Waals surface area (Å²) in [6, 6.07) is 6.47. The van der Waals surface area contributed by atoms with Crippen molar-refractivity contribution < 1.29 is 36.2 Å². The van der Waals surface area contributed by atoms with Gasteiger partial charge in [0.2, 0.25) is 0 Å². The molecule has 0 aliphatic heterocycles. The Balaban J connectivity index is 2.08. The van der Waals surface area contributed by atoms with E-state index in [0.29, 0.717) is 11.5 Å². The lowest BCUT2D eigenvalue weighted by atomic mass is 10.1. The summed E-state index contributed by atoms with van der Waals surface area (Å²) in [5.74, 6) is -2.74. The molecule has 2 aromatic carbocycles. The van der Waals surface area contributed by atoms with E-state index in [4.69, 9.17) is 0 Å². The van der Waals surface area contributed by atoms with Crippen molar-refractivity contribution in [2.45, 2.75) is 12.9 Å². The van der Waals surface area contributed by atoms with Crippen LogP contribution >= 0.6 is 0 Å². The van der Waals surface area contributed by atoms with Crippen LogP contribution in [0.3, 0.4) is 0 Å². The molecule has 3 aromatic rings. The number of carbonyl (C=O) groups is 1. The van der Waals surface area contributed by atoms with E-state index in [9.17, 15) is 26.7 Å². The van der Waals surface area contributed by atoms with Crippen LogP contribution < -0.4 is 4.74 Å². The molecule has 0 bridgehead atoms. The molecule has 1 aromatic heterocycles. The zero-order chi connectivity index (χ0) is 21.2. The van der Waals surface area contributed by atoms with Crippen molar-refractivity contribution in [3.63, 3.8) is 0 Å². The van der Waals surface area contributed by atoms with Crippen molar-refractivity contribution in [2.24, 2.45) is 0 Å². The molecular formula is C19H13F5N2O3. The number of benzene rings is 2. The maximum Gasteiger partial charge on any atom is 0.573 e. The minimum atomic E-state index is -4.89. The number of hydrogen-bond acceptors (Lipinski definition) is 4. The number of aromatic nitrogens is 2. The number of fused-ring (bicyclic) bond motifs is 1. The third kappa shape index (κ3) is 4.89. The Morgan fingerprint density at radius 2 is 1.93 bits per heavy atom. The molecule has 3 rings (SSSR count). The number of alkyl halides is 3. The van der Waals surface area contributed by atoms with Gasteiger partial charge in [-0.05, 0) is 24.3 Å². The Labute approximate surface area is 160 Å². The fraction of sp³-hybridized carbons (Fsp3) is 0.158. The molecule has 10 heteroatoms. The van der Waals surface area contributed by atoms with Crippen LogP contribution in [0.4, 0.5) is 22.0 Å². The van der Waals surface area contributed by atoms with E-state index < -0.39 is 29.7 Å². The average molecular weight is 412 g/mol. The molecule has 29 heavy (non-hydrogen) atoms. The standard InChI is InChI=1S/C19H13F5N2O3/c1-28-18(27)7-6-16-14-5-4-13(29-19(22,23)24)9-17(14)26(25-16)10-11-2-3-12(20)8-15(11)21/h2-9H,10H2,1H3/b7-6+. The number of rotatable bonds is 5. The second-order valence-electron chi connectivity index (χ2n) is 5.86. The van der Waals surface area contributed by atoms with Crippen LogP contribution in [0.1, 0.15) is 11.3 Å². The van der Waals surface area contributed by atoms with Crippen LogP contribution in [0.15, 0.2) is 42.5 Å². The van der Waals surface area contributed by atoms with Crippen molar-refractivity contribution in [3.8, 4) is 5.75 Å². The Hall–Kier alpha value is -3.43. The van der Waals surface area contributed by atoms with Crippen LogP contribution in [-0.4, -0.2) is 29.2 Å². The van der Waals surface area contributed by atoms with E-state index in [2.05, 4.69) is 14.6 Å². The number of ether oxygens (including phenoxy) is 2. The van der Waals surface area contributed by atoms with Crippen LogP contribution in [0.5, 0.6) is 5.75 Å². The molecule has 0 saturated heterocycles. The number of hydrogen-bond donors (Lipinski definition) is 0. The predicted octanol–water partition coefficient (Wildman–Crippen LogP) is 4.45. The molecule has 0 atom stereocenters. The lowest BCUT2D eigenvalue weighted by Crippen LogP contribution is -2.17. The van der Waals surface area contributed by atoms with Gasteiger partial charge in [0.1, 0.15) is 17.4 Å². The molecule has 5 nitrogen and oxygen atoms in total. The predicted molar refractivity (Wildman–Crippen MR) is 92.9 cm³/mol. The van der Waals surface area contributed by atoms with Gasteiger partial charge in [0, 0.05) is 29.2 Å². The van der Waals surface area contributed by atoms with Crippen molar-refractivity contribution in [3.05, 3.63) is 65.4 Å². The summed E-state index contributed by atoms with van der Waals surface area (Å²) in [6.07, 6.45) is -2.49. The van der Waals surface area contributed by atoms with Crippen LogP contribution in [0.2, 0.25) is 0 Å². The molecule has 0 unspecified atom stereocenters. The van der Waals surface area contributed by atoms with Gasteiger partial charge in [-0.3, -0.25) is 4.68 Å². The second kappa shape index (κ2) is 7.90. The van der Waals surface area contributed by atoms with E-state index in [0.717, 1.165) is 24.3 Å². The number of halogens is 5. The van der Waals surface area contributed by atoms with Crippen LogP contribution in [0, 0.1) is 11.6 Å². The third-order valence-corrected chi connectivity index (χ3v) is 3.90. The molecule has 0 aliphatic rings. The lowest BCUT2D eigenvalue weighted by Gasteiger charge is -2.10. The molecule has 0 radical (unpaired) electrons. The van der Waals surface area contributed by atoms with Gasteiger partial charge in [0.25, 0.3) is 0 Å². The first-order valence-corrected chi connectivity index (χ1v) is 8.12. The lowest BCUT2D eigenvalue weighted by molar-refractivity contribution is -0.274. The largest absolute Gasteiger partial charge is 0.573 e. The number of carbonyl (C=O) groups excluding carboxylic acids is 1. The van der Waals surface area contributed by atoms with Crippen molar-refractivity contribution in [1.29, 1.82) is 0 Å². The van der Waals surface area contributed by atoms with Gasteiger partial charge in [-0.1, -0.05) is 6.07 Å². The molecule has 0 N–H and O–H groups in total. The van der Waals surface area contributed by atoms with Gasteiger partial charge >= 0.3 is 12.3 Å². The molecule has 0 amide bonds. The van der Waals surface area contributed by atoms with Gasteiger partial charge in [-0.2, -0.15) is 5.10 Å². The van der Waals surface area contributed by atoms with Gasteiger partial charge < -0.3 is 9.47 Å². The topological polar surface area (TPSA) is 53.3 Å². The first kappa shape index (κ1) is 20.3. The summed E-state index contributed by atoms with van der Waals surface area (Å²) >= 11 is 0. The normalized spacial score (nSPS) is 11.9. The maximum absolute atomic E-state index is 14.0. The molecule has 0 fully saturated rings. The number of nitrogens with zero attached hydrogens (tertiary/aromatic N) is 2. The molecule has 0 saturated carbocycles. The molecule has 1 heterocycles. The first-order valence-electron chi connectivity index (χ1n) is 8.12. The minimum absolute atomic E-state index is 0.0708. The molecular weight excluding hydrogens is 399 g/mol. The van der Waals surface area contributed by atoms with Gasteiger partial charge in [0.05, 0.1) is 24.9 Å². The SMILES string of the molecule is COC(=O)/C=C/c1nn(Cc2ccc(F)cc2F)c2cc(OC(F)(F)F)ccc12. The summed E-state index contributed by atoms with van der Waals surface area (Å²) in [4.78, 5) is 11.3. The third-order valence-electron chi connectivity index (χ3n) is 3.90. The fourth-order valence-electron chi connectivity index (χ4n) is 2.65. The summed E-state index contributed by atoms with van der Waals surface area (Å²) in [5, 5.41) is 4.61.